The number of rotatable bonds is 3. The molecular weight excluding hydrogens is 272 g/mol. The van der Waals surface area contributed by atoms with E-state index in [0.717, 1.165) is 0 Å². The quantitative estimate of drug-likeness (QED) is 0.896. The lowest BCUT2D eigenvalue weighted by Gasteiger charge is -2.06. The first-order valence-corrected chi connectivity index (χ1v) is 7.34. The van der Waals surface area contributed by atoms with Crippen molar-refractivity contribution in [2.45, 2.75) is 18.7 Å². The second-order valence-corrected chi connectivity index (χ2v) is 6.18. The largest absolute Gasteiger partial charge is 0.281 e. The Morgan fingerprint density at radius 3 is 2.78 bits per heavy atom. The van der Waals surface area contributed by atoms with Gasteiger partial charge in [0, 0.05) is 0 Å². The number of thiophene rings is 1. The second kappa shape index (κ2) is 4.44. The maximum absolute atomic E-state index is 12.2. The number of H-pyrrole nitrogens is 1. The first kappa shape index (κ1) is 12.6. The van der Waals surface area contributed by atoms with E-state index >= 15 is 0 Å². The number of aryl methyl sites for hydroxylation is 2. The smallest absolute Gasteiger partial charge is 0.266 e. The molecule has 94 valence electrons. The number of hydrogen-bond donors (Lipinski definition) is 2. The summed E-state index contributed by atoms with van der Waals surface area (Å²) in [5.41, 5.74) is 1.17. The van der Waals surface area contributed by atoms with E-state index < -0.39 is 10.0 Å². The Hall–Kier alpha value is -1.85. The molecule has 0 aromatic carbocycles. The van der Waals surface area contributed by atoms with Crippen LogP contribution in [0, 0.1) is 25.2 Å². The number of anilines is 1. The molecule has 6 nitrogen and oxygen atoms in total. The lowest BCUT2D eigenvalue weighted by molar-refractivity contribution is 0.600. The van der Waals surface area contributed by atoms with Crippen LogP contribution in [0.5, 0.6) is 0 Å². The van der Waals surface area contributed by atoms with Gasteiger partial charge >= 0.3 is 0 Å². The number of sulfonamides is 1. The van der Waals surface area contributed by atoms with Crippen molar-refractivity contribution in [3.63, 3.8) is 0 Å². The molecule has 0 atom stereocenters. The normalized spacial score (nSPS) is 11.2. The van der Waals surface area contributed by atoms with E-state index in [1.807, 2.05) is 6.07 Å². The molecule has 0 spiro atoms. The van der Waals surface area contributed by atoms with Crippen molar-refractivity contribution in [2.75, 3.05) is 4.72 Å². The number of aromatic amines is 1. The zero-order valence-electron chi connectivity index (χ0n) is 9.68. The maximum atomic E-state index is 12.2. The van der Waals surface area contributed by atoms with Crippen LogP contribution in [0.4, 0.5) is 5.00 Å². The van der Waals surface area contributed by atoms with E-state index in [9.17, 15) is 8.42 Å². The van der Waals surface area contributed by atoms with Gasteiger partial charge in [0.2, 0.25) is 0 Å². The molecule has 2 aromatic rings. The van der Waals surface area contributed by atoms with Gasteiger partial charge in [0.1, 0.15) is 16.0 Å². The van der Waals surface area contributed by atoms with Gasteiger partial charge in [-0.2, -0.15) is 10.4 Å². The Bertz CT molecular complexity index is 702. The van der Waals surface area contributed by atoms with Gasteiger partial charge in [0.05, 0.1) is 17.0 Å². The molecule has 0 aliphatic carbocycles. The molecule has 8 heteroatoms. The van der Waals surface area contributed by atoms with Crippen molar-refractivity contribution >= 4 is 26.4 Å². The van der Waals surface area contributed by atoms with E-state index in [2.05, 4.69) is 14.9 Å². The van der Waals surface area contributed by atoms with Crippen molar-refractivity contribution in [1.29, 1.82) is 5.26 Å². The SMILES string of the molecule is Cc1n[nH]c(C)c1S(=O)(=O)Nc1sccc1C#N. The molecular formula is C10H10N4O2S2. The third-order valence-corrected chi connectivity index (χ3v) is 4.91. The van der Waals surface area contributed by atoms with Crippen LogP contribution in [0.1, 0.15) is 17.0 Å². The molecule has 2 rings (SSSR count). The van der Waals surface area contributed by atoms with Crippen molar-refractivity contribution in [3.05, 3.63) is 28.4 Å². The van der Waals surface area contributed by atoms with Gasteiger partial charge in [-0.3, -0.25) is 9.82 Å². The van der Waals surface area contributed by atoms with Gasteiger partial charge in [0.25, 0.3) is 10.0 Å². The Morgan fingerprint density at radius 2 is 2.22 bits per heavy atom. The molecule has 2 aromatic heterocycles. The lowest BCUT2D eigenvalue weighted by atomic mass is 10.4. The Kier molecular flexibility index (Phi) is 3.11. The predicted molar refractivity (Wildman–Crippen MR) is 67.9 cm³/mol. The number of nitrogens with zero attached hydrogens (tertiary/aromatic N) is 2. The molecule has 0 saturated carbocycles. The summed E-state index contributed by atoms with van der Waals surface area (Å²) in [6.07, 6.45) is 0. The van der Waals surface area contributed by atoms with E-state index in [4.69, 9.17) is 5.26 Å². The minimum atomic E-state index is -3.72. The van der Waals surface area contributed by atoms with Crippen molar-refractivity contribution < 1.29 is 8.42 Å². The molecule has 0 bridgehead atoms. The molecule has 0 aliphatic rings. The monoisotopic (exact) mass is 282 g/mol. The van der Waals surface area contributed by atoms with Gasteiger partial charge in [-0.25, -0.2) is 8.42 Å². The molecule has 2 heterocycles. The fourth-order valence-electron chi connectivity index (χ4n) is 1.59. The topological polar surface area (TPSA) is 98.6 Å². The molecule has 18 heavy (non-hydrogen) atoms. The van der Waals surface area contributed by atoms with Crippen LogP contribution in [0.25, 0.3) is 0 Å². The van der Waals surface area contributed by atoms with Crippen LogP contribution in [0.2, 0.25) is 0 Å². The highest BCUT2D eigenvalue weighted by Crippen LogP contribution is 2.27. The number of hydrogen-bond acceptors (Lipinski definition) is 5. The lowest BCUT2D eigenvalue weighted by Crippen LogP contribution is -2.14. The minimum Gasteiger partial charge on any atom is -0.281 e. The zero-order valence-corrected chi connectivity index (χ0v) is 11.3. The maximum Gasteiger partial charge on any atom is 0.266 e. The molecule has 0 radical (unpaired) electrons. The van der Waals surface area contributed by atoms with E-state index in [1.54, 1.807) is 25.3 Å². The zero-order chi connectivity index (χ0) is 13.3. The summed E-state index contributed by atoms with van der Waals surface area (Å²) >= 11 is 1.17. The van der Waals surface area contributed by atoms with Gasteiger partial charge < -0.3 is 0 Å². The van der Waals surface area contributed by atoms with Crippen molar-refractivity contribution in [3.8, 4) is 6.07 Å². The minimum absolute atomic E-state index is 0.125. The fourth-order valence-corrected chi connectivity index (χ4v) is 4.03. The molecule has 0 saturated heterocycles. The van der Waals surface area contributed by atoms with Gasteiger partial charge in [-0.05, 0) is 25.3 Å². The summed E-state index contributed by atoms with van der Waals surface area (Å²) in [5, 5.41) is 17.3. The molecule has 2 N–H and O–H groups in total. The van der Waals surface area contributed by atoms with E-state index in [-0.39, 0.29) is 4.90 Å². The molecule has 0 fully saturated rings. The van der Waals surface area contributed by atoms with E-state index in [1.165, 1.54) is 11.3 Å². The highest BCUT2D eigenvalue weighted by atomic mass is 32.2. The van der Waals surface area contributed by atoms with Gasteiger partial charge in [0.15, 0.2) is 0 Å². The number of nitriles is 1. The van der Waals surface area contributed by atoms with Gasteiger partial charge in [-0.15, -0.1) is 11.3 Å². The summed E-state index contributed by atoms with van der Waals surface area (Å²) in [7, 11) is -3.72. The number of nitrogens with one attached hydrogen (secondary N) is 2. The number of aromatic nitrogens is 2. The Morgan fingerprint density at radius 1 is 1.50 bits per heavy atom. The Balaban J connectivity index is 2.43. The molecule has 0 amide bonds. The second-order valence-electron chi connectivity index (χ2n) is 3.64. The average Bonchev–Trinajstić information content (AvgIpc) is 2.85. The summed E-state index contributed by atoms with van der Waals surface area (Å²) in [4.78, 5) is 0.125. The van der Waals surface area contributed by atoms with E-state index in [0.29, 0.717) is 22.0 Å². The van der Waals surface area contributed by atoms with Crippen LogP contribution >= 0.6 is 11.3 Å². The van der Waals surface area contributed by atoms with Crippen molar-refractivity contribution in [2.24, 2.45) is 0 Å². The first-order valence-electron chi connectivity index (χ1n) is 4.97. The summed E-state index contributed by atoms with van der Waals surface area (Å²) in [6, 6.07) is 3.50. The molecule has 0 unspecified atom stereocenters. The first-order chi connectivity index (χ1) is 8.45. The summed E-state index contributed by atoms with van der Waals surface area (Å²) in [5.74, 6) is 0. The van der Waals surface area contributed by atoms with Crippen LogP contribution in [-0.4, -0.2) is 18.6 Å². The predicted octanol–water partition coefficient (Wildman–Crippen LogP) is 1.76. The third-order valence-electron chi connectivity index (χ3n) is 2.34. The van der Waals surface area contributed by atoms with Crippen LogP contribution in [-0.2, 0) is 10.0 Å². The highest BCUT2D eigenvalue weighted by Gasteiger charge is 2.23. The highest BCUT2D eigenvalue weighted by molar-refractivity contribution is 7.93. The van der Waals surface area contributed by atoms with Crippen LogP contribution < -0.4 is 4.72 Å². The summed E-state index contributed by atoms with van der Waals surface area (Å²) < 4.78 is 26.8. The fraction of sp³-hybridized carbons (Fsp3) is 0.200. The van der Waals surface area contributed by atoms with Crippen LogP contribution in [0.15, 0.2) is 16.3 Å². The summed E-state index contributed by atoms with van der Waals surface area (Å²) in [6.45, 7) is 3.24. The third kappa shape index (κ3) is 2.10. The van der Waals surface area contributed by atoms with Crippen LogP contribution in [0.3, 0.4) is 0 Å². The van der Waals surface area contributed by atoms with Crippen molar-refractivity contribution in [1.82, 2.24) is 10.2 Å². The standard InChI is InChI=1S/C10H10N4O2S2/c1-6-9(7(2)13-12-6)18(15,16)14-10-8(5-11)3-4-17-10/h3-4,14H,1-2H3,(H,12,13). The molecule has 0 aliphatic heterocycles. The average molecular weight is 282 g/mol. The Labute approximate surface area is 108 Å². The van der Waals surface area contributed by atoms with Gasteiger partial charge in [-0.1, -0.05) is 0 Å².